The fraction of sp³-hybridized carbons (Fsp3) is 0.417. The average molecular weight is 427 g/mol. The zero-order chi connectivity index (χ0) is 22.1. The van der Waals surface area contributed by atoms with Gasteiger partial charge in [-0.25, -0.2) is 0 Å². The van der Waals surface area contributed by atoms with E-state index in [0.29, 0.717) is 62.7 Å². The van der Waals surface area contributed by atoms with Crippen LogP contribution < -0.4 is 14.2 Å². The lowest BCUT2D eigenvalue weighted by Crippen LogP contribution is -2.37. The van der Waals surface area contributed by atoms with Gasteiger partial charge in [0.1, 0.15) is 17.2 Å². The number of carbonyl (C=O) groups is 2. The number of amides is 2. The minimum absolute atomic E-state index is 0.0808. The van der Waals surface area contributed by atoms with E-state index in [1.807, 2.05) is 35.2 Å². The van der Waals surface area contributed by atoms with E-state index in [1.165, 1.54) is 0 Å². The number of rotatable bonds is 8. The van der Waals surface area contributed by atoms with Crippen molar-refractivity contribution in [3.63, 3.8) is 0 Å². The summed E-state index contributed by atoms with van der Waals surface area (Å²) in [6.45, 7) is 2.81. The monoisotopic (exact) mass is 426 g/mol. The van der Waals surface area contributed by atoms with E-state index < -0.39 is 0 Å². The Kier molecular flexibility index (Phi) is 8.15. The van der Waals surface area contributed by atoms with Crippen molar-refractivity contribution in [2.24, 2.45) is 0 Å². The first-order valence-electron chi connectivity index (χ1n) is 10.6. The Hall–Kier alpha value is -3.22. The smallest absolute Gasteiger partial charge is 0.254 e. The van der Waals surface area contributed by atoms with Crippen LogP contribution in [-0.4, -0.2) is 68.6 Å². The minimum Gasteiger partial charge on any atom is -0.497 e. The van der Waals surface area contributed by atoms with Crippen molar-refractivity contribution in [3.05, 3.63) is 54.1 Å². The molecular formula is C24H30N2O5. The van der Waals surface area contributed by atoms with Gasteiger partial charge in [0, 0.05) is 44.2 Å². The maximum Gasteiger partial charge on any atom is 0.254 e. The number of para-hydroxylation sites is 1. The quantitative estimate of drug-likeness (QED) is 0.606. The van der Waals surface area contributed by atoms with Crippen molar-refractivity contribution in [3.8, 4) is 17.2 Å². The summed E-state index contributed by atoms with van der Waals surface area (Å²) >= 11 is 0. The van der Waals surface area contributed by atoms with Gasteiger partial charge in [-0.15, -0.1) is 0 Å². The molecule has 7 nitrogen and oxygen atoms in total. The third-order valence-corrected chi connectivity index (χ3v) is 5.28. The van der Waals surface area contributed by atoms with Crippen LogP contribution in [0.2, 0.25) is 0 Å². The lowest BCUT2D eigenvalue weighted by atomic mass is 10.1. The molecule has 1 aliphatic heterocycles. The summed E-state index contributed by atoms with van der Waals surface area (Å²) in [7, 11) is 3.12. The zero-order valence-corrected chi connectivity index (χ0v) is 18.2. The molecule has 1 heterocycles. The Morgan fingerprint density at radius 2 is 1.48 bits per heavy atom. The Morgan fingerprint density at radius 1 is 0.839 bits per heavy atom. The van der Waals surface area contributed by atoms with Crippen LogP contribution in [0.25, 0.3) is 0 Å². The van der Waals surface area contributed by atoms with Crippen LogP contribution in [0.15, 0.2) is 48.5 Å². The Balaban J connectivity index is 1.49. The number of hydrogen-bond donors (Lipinski definition) is 0. The zero-order valence-electron chi connectivity index (χ0n) is 18.2. The molecule has 2 aromatic rings. The lowest BCUT2D eigenvalue weighted by molar-refractivity contribution is -0.131. The molecule has 0 aromatic heterocycles. The van der Waals surface area contributed by atoms with Gasteiger partial charge in [-0.05, 0) is 37.1 Å². The fourth-order valence-electron chi connectivity index (χ4n) is 3.57. The predicted molar refractivity (Wildman–Crippen MR) is 118 cm³/mol. The molecule has 1 saturated heterocycles. The van der Waals surface area contributed by atoms with Gasteiger partial charge in [0.05, 0.1) is 20.8 Å². The number of methoxy groups -OCH3 is 2. The summed E-state index contributed by atoms with van der Waals surface area (Å²) in [6.07, 6.45) is 1.85. The summed E-state index contributed by atoms with van der Waals surface area (Å²) in [4.78, 5) is 29.3. The Morgan fingerprint density at radius 3 is 2.16 bits per heavy atom. The largest absolute Gasteiger partial charge is 0.497 e. The first-order chi connectivity index (χ1) is 15.1. The van der Waals surface area contributed by atoms with Crippen molar-refractivity contribution in [2.75, 3.05) is 47.0 Å². The summed E-state index contributed by atoms with van der Waals surface area (Å²) in [6, 6.07) is 14.8. The minimum atomic E-state index is -0.0808. The van der Waals surface area contributed by atoms with Gasteiger partial charge in [0.2, 0.25) is 5.91 Å². The average Bonchev–Trinajstić information content (AvgIpc) is 3.08. The van der Waals surface area contributed by atoms with Gasteiger partial charge < -0.3 is 24.0 Å². The van der Waals surface area contributed by atoms with E-state index in [0.717, 1.165) is 12.2 Å². The van der Waals surface area contributed by atoms with E-state index in [4.69, 9.17) is 14.2 Å². The van der Waals surface area contributed by atoms with Crippen LogP contribution in [0.3, 0.4) is 0 Å². The van der Waals surface area contributed by atoms with Crippen molar-refractivity contribution < 1.29 is 23.8 Å². The Labute approximate surface area is 183 Å². The third-order valence-electron chi connectivity index (χ3n) is 5.28. The van der Waals surface area contributed by atoms with Gasteiger partial charge in [-0.1, -0.05) is 18.2 Å². The highest BCUT2D eigenvalue weighted by molar-refractivity contribution is 5.95. The highest BCUT2D eigenvalue weighted by Gasteiger charge is 2.23. The van der Waals surface area contributed by atoms with Crippen LogP contribution >= 0.6 is 0 Å². The highest BCUT2D eigenvalue weighted by Crippen LogP contribution is 2.24. The summed E-state index contributed by atoms with van der Waals surface area (Å²) in [5.74, 6) is 1.99. The first kappa shape index (κ1) is 22.5. The number of ether oxygens (including phenoxy) is 3. The van der Waals surface area contributed by atoms with Gasteiger partial charge in [-0.2, -0.15) is 0 Å². The second-order valence-corrected chi connectivity index (χ2v) is 7.39. The van der Waals surface area contributed by atoms with Crippen molar-refractivity contribution in [1.29, 1.82) is 0 Å². The van der Waals surface area contributed by atoms with Crippen LogP contribution in [-0.2, 0) is 4.79 Å². The predicted octanol–water partition coefficient (Wildman–Crippen LogP) is 3.24. The standard InChI is InChI=1S/C24H30N2O5/c1-29-21-16-19(17-22(18-21)30-2)24(28)26-12-7-11-25(13-14-26)23(27)10-6-15-31-20-8-4-3-5-9-20/h3-5,8-9,16-18H,6-7,10-15H2,1-2H3. The molecule has 3 rings (SSSR count). The molecule has 0 unspecified atom stereocenters. The topological polar surface area (TPSA) is 68.3 Å². The third kappa shape index (κ3) is 6.38. The molecular weight excluding hydrogens is 396 g/mol. The van der Waals surface area contributed by atoms with Gasteiger partial charge in [0.25, 0.3) is 5.91 Å². The Bertz CT molecular complexity index is 849. The molecule has 1 fully saturated rings. The molecule has 0 aliphatic carbocycles. The van der Waals surface area contributed by atoms with Gasteiger partial charge in [0.15, 0.2) is 0 Å². The number of nitrogens with zero attached hydrogens (tertiary/aromatic N) is 2. The highest BCUT2D eigenvalue weighted by atomic mass is 16.5. The van der Waals surface area contributed by atoms with E-state index >= 15 is 0 Å². The molecule has 0 bridgehead atoms. The van der Waals surface area contributed by atoms with Crippen LogP contribution in [0.5, 0.6) is 17.2 Å². The number of benzene rings is 2. The van der Waals surface area contributed by atoms with Crippen molar-refractivity contribution >= 4 is 11.8 Å². The van der Waals surface area contributed by atoms with E-state index in [2.05, 4.69) is 0 Å². The molecule has 0 N–H and O–H groups in total. The van der Waals surface area contributed by atoms with E-state index in [1.54, 1.807) is 37.3 Å². The number of carbonyl (C=O) groups excluding carboxylic acids is 2. The molecule has 166 valence electrons. The maximum atomic E-state index is 13.0. The summed E-state index contributed by atoms with van der Waals surface area (Å²) in [5, 5.41) is 0. The molecule has 31 heavy (non-hydrogen) atoms. The van der Waals surface area contributed by atoms with Crippen LogP contribution in [0.4, 0.5) is 0 Å². The van der Waals surface area contributed by atoms with Gasteiger partial charge >= 0.3 is 0 Å². The molecule has 2 amide bonds. The summed E-state index contributed by atoms with van der Waals surface area (Å²) < 4.78 is 16.2. The van der Waals surface area contributed by atoms with Crippen molar-refractivity contribution in [1.82, 2.24) is 9.80 Å². The van der Waals surface area contributed by atoms with Crippen LogP contribution in [0, 0.1) is 0 Å². The maximum absolute atomic E-state index is 13.0. The van der Waals surface area contributed by atoms with E-state index in [9.17, 15) is 9.59 Å². The molecule has 7 heteroatoms. The fourth-order valence-corrected chi connectivity index (χ4v) is 3.57. The second kappa shape index (κ2) is 11.2. The molecule has 0 spiro atoms. The van der Waals surface area contributed by atoms with Crippen molar-refractivity contribution in [2.45, 2.75) is 19.3 Å². The second-order valence-electron chi connectivity index (χ2n) is 7.39. The first-order valence-corrected chi connectivity index (χ1v) is 10.6. The molecule has 0 saturated carbocycles. The number of hydrogen-bond acceptors (Lipinski definition) is 5. The SMILES string of the molecule is COc1cc(OC)cc(C(=O)N2CCCN(C(=O)CCCOc3ccccc3)CC2)c1. The molecule has 2 aromatic carbocycles. The normalized spacial score (nSPS) is 14.0. The molecule has 1 aliphatic rings. The lowest BCUT2D eigenvalue weighted by Gasteiger charge is -2.22. The molecule has 0 atom stereocenters. The molecule has 0 radical (unpaired) electrons. The van der Waals surface area contributed by atoms with E-state index in [-0.39, 0.29) is 11.8 Å². The van der Waals surface area contributed by atoms with Crippen LogP contribution in [0.1, 0.15) is 29.6 Å². The summed E-state index contributed by atoms with van der Waals surface area (Å²) in [5.41, 5.74) is 0.522. The van der Waals surface area contributed by atoms with Gasteiger partial charge in [-0.3, -0.25) is 9.59 Å².